The molecule has 0 aliphatic carbocycles. The fourth-order valence-electron chi connectivity index (χ4n) is 1.42. The summed E-state index contributed by atoms with van der Waals surface area (Å²) in [6.45, 7) is 3.35. The van der Waals surface area contributed by atoms with Gasteiger partial charge in [0.25, 0.3) is 0 Å². The van der Waals surface area contributed by atoms with Gasteiger partial charge in [0.05, 0.1) is 6.54 Å². The molecule has 0 bridgehead atoms. The van der Waals surface area contributed by atoms with E-state index in [1.807, 2.05) is 17.9 Å². The second-order valence-electron chi connectivity index (χ2n) is 3.54. The van der Waals surface area contributed by atoms with Crippen LogP contribution in [0, 0.1) is 0 Å². The van der Waals surface area contributed by atoms with E-state index >= 15 is 0 Å². The number of aromatic hydroxyl groups is 1. The van der Waals surface area contributed by atoms with Crippen molar-refractivity contribution < 1.29 is 9.90 Å². The van der Waals surface area contributed by atoms with Crippen LogP contribution < -0.4 is 5.73 Å². The Morgan fingerprint density at radius 1 is 1.56 bits per heavy atom. The van der Waals surface area contributed by atoms with Crippen molar-refractivity contribution >= 4 is 21.8 Å². The van der Waals surface area contributed by atoms with E-state index in [-0.39, 0.29) is 18.2 Å². The van der Waals surface area contributed by atoms with E-state index in [0.717, 1.165) is 10.0 Å². The Kier molecular flexibility index (Phi) is 4.76. The van der Waals surface area contributed by atoms with Crippen LogP contribution in [0.4, 0.5) is 0 Å². The molecule has 1 amide bonds. The second-order valence-corrected chi connectivity index (χ2v) is 4.46. The molecule has 1 aromatic carbocycles. The zero-order valence-corrected chi connectivity index (χ0v) is 10.7. The van der Waals surface area contributed by atoms with E-state index in [9.17, 15) is 9.90 Å². The molecule has 0 heterocycles. The first-order valence-electron chi connectivity index (χ1n) is 5.01. The molecule has 0 aromatic heterocycles. The van der Waals surface area contributed by atoms with Gasteiger partial charge in [-0.2, -0.15) is 0 Å². The van der Waals surface area contributed by atoms with Gasteiger partial charge in [0.15, 0.2) is 0 Å². The molecule has 0 radical (unpaired) electrons. The summed E-state index contributed by atoms with van der Waals surface area (Å²) >= 11 is 3.34. The summed E-state index contributed by atoms with van der Waals surface area (Å²) in [7, 11) is 0. The summed E-state index contributed by atoms with van der Waals surface area (Å²) in [5.41, 5.74) is 5.91. The molecule has 3 N–H and O–H groups in total. The smallest absolute Gasteiger partial charge is 0.231 e. The summed E-state index contributed by atoms with van der Waals surface area (Å²) in [6, 6.07) is 5.22. The predicted octanol–water partition coefficient (Wildman–Crippen LogP) is 1.46. The summed E-state index contributed by atoms with van der Waals surface area (Å²) in [5.74, 6) is -0.137. The lowest BCUT2D eigenvalue weighted by Gasteiger charge is -2.19. The maximum absolute atomic E-state index is 10.8. The van der Waals surface area contributed by atoms with Crippen molar-refractivity contribution in [3.05, 3.63) is 28.2 Å². The molecule has 0 fully saturated rings. The number of phenolic OH excluding ortho intramolecular Hbond substituents is 1. The number of nitrogens with two attached hydrogens (primary N) is 1. The van der Waals surface area contributed by atoms with E-state index in [1.54, 1.807) is 12.1 Å². The van der Waals surface area contributed by atoms with Crippen LogP contribution in [0.2, 0.25) is 0 Å². The molecule has 16 heavy (non-hydrogen) atoms. The quantitative estimate of drug-likeness (QED) is 0.861. The Morgan fingerprint density at radius 2 is 2.25 bits per heavy atom. The molecule has 0 atom stereocenters. The van der Waals surface area contributed by atoms with Crippen LogP contribution in [0.5, 0.6) is 5.75 Å². The zero-order valence-electron chi connectivity index (χ0n) is 9.11. The first-order valence-corrected chi connectivity index (χ1v) is 5.80. The summed E-state index contributed by atoms with van der Waals surface area (Å²) < 4.78 is 0.899. The molecule has 88 valence electrons. The van der Waals surface area contributed by atoms with E-state index in [2.05, 4.69) is 15.9 Å². The number of primary amides is 1. The molecular weight excluding hydrogens is 272 g/mol. The fourth-order valence-corrected chi connectivity index (χ4v) is 1.83. The Bertz CT molecular complexity index is 382. The van der Waals surface area contributed by atoms with Crippen LogP contribution in [0.25, 0.3) is 0 Å². The van der Waals surface area contributed by atoms with Gasteiger partial charge in [0.1, 0.15) is 5.75 Å². The average Bonchev–Trinajstić information content (AvgIpc) is 2.21. The van der Waals surface area contributed by atoms with Crippen molar-refractivity contribution in [2.24, 2.45) is 5.73 Å². The molecule has 0 unspecified atom stereocenters. The Hall–Kier alpha value is -1.07. The lowest BCUT2D eigenvalue weighted by molar-refractivity contribution is -0.119. The lowest BCUT2D eigenvalue weighted by Crippen LogP contribution is -2.33. The number of amides is 1. The number of phenols is 1. The second kappa shape index (κ2) is 5.86. The first-order chi connectivity index (χ1) is 7.52. The number of nitrogens with zero attached hydrogens (tertiary/aromatic N) is 1. The van der Waals surface area contributed by atoms with Gasteiger partial charge in [-0.3, -0.25) is 9.69 Å². The summed E-state index contributed by atoms with van der Waals surface area (Å²) in [6.07, 6.45) is 0. The molecule has 0 spiro atoms. The number of halogens is 1. The molecule has 0 saturated heterocycles. The lowest BCUT2D eigenvalue weighted by atomic mass is 10.2. The number of hydrogen-bond donors (Lipinski definition) is 2. The van der Waals surface area contributed by atoms with Gasteiger partial charge in [-0.25, -0.2) is 0 Å². The van der Waals surface area contributed by atoms with E-state index in [4.69, 9.17) is 5.73 Å². The molecule has 0 aliphatic rings. The van der Waals surface area contributed by atoms with Gasteiger partial charge in [-0.1, -0.05) is 22.9 Å². The molecule has 0 saturated carbocycles. The van der Waals surface area contributed by atoms with Crippen molar-refractivity contribution in [1.82, 2.24) is 4.90 Å². The van der Waals surface area contributed by atoms with Crippen LogP contribution in [-0.4, -0.2) is 29.0 Å². The highest BCUT2D eigenvalue weighted by Crippen LogP contribution is 2.23. The minimum atomic E-state index is -0.365. The maximum Gasteiger partial charge on any atom is 0.231 e. The molecule has 0 aliphatic heterocycles. The van der Waals surface area contributed by atoms with Gasteiger partial charge in [0, 0.05) is 16.6 Å². The highest BCUT2D eigenvalue weighted by Gasteiger charge is 2.09. The Balaban J connectivity index is 2.77. The number of rotatable bonds is 5. The third-order valence-electron chi connectivity index (χ3n) is 2.26. The standard InChI is InChI=1S/C11H15BrN2O2/c1-2-14(7-11(13)16)6-8-5-9(12)3-4-10(8)15/h3-5,15H,2,6-7H2,1H3,(H2,13,16). The largest absolute Gasteiger partial charge is 0.508 e. The molecule has 1 rings (SSSR count). The van der Waals surface area contributed by atoms with Gasteiger partial charge in [0.2, 0.25) is 5.91 Å². The normalized spacial score (nSPS) is 10.7. The zero-order chi connectivity index (χ0) is 12.1. The van der Waals surface area contributed by atoms with E-state index in [1.165, 1.54) is 0 Å². The third kappa shape index (κ3) is 3.83. The maximum atomic E-state index is 10.8. The van der Waals surface area contributed by atoms with Crippen LogP contribution in [0.3, 0.4) is 0 Å². The van der Waals surface area contributed by atoms with Crippen LogP contribution in [-0.2, 0) is 11.3 Å². The first kappa shape index (κ1) is 13.0. The van der Waals surface area contributed by atoms with Crippen molar-refractivity contribution in [3.8, 4) is 5.75 Å². The molecule has 4 nitrogen and oxygen atoms in total. The number of likely N-dealkylation sites (N-methyl/N-ethyl adjacent to an activating group) is 1. The highest BCUT2D eigenvalue weighted by atomic mass is 79.9. The average molecular weight is 287 g/mol. The minimum Gasteiger partial charge on any atom is -0.508 e. The fraction of sp³-hybridized carbons (Fsp3) is 0.364. The number of hydrogen-bond acceptors (Lipinski definition) is 3. The van der Waals surface area contributed by atoms with Gasteiger partial charge in [-0.15, -0.1) is 0 Å². The molecule has 5 heteroatoms. The highest BCUT2D eigenvalue weighted by molar-refractivity contribution is 9.10. The van der Waals surface area contributed by atoms with Crippen molar-refractivity contribution in [1.29, 1.82) is 0 Å². The molecule has 1 aromatic rings. The monoisotopic (exact) mass is 286 g/mol. The van der Waals surface area contributed by atoms with Crippen molar-refractivity contribution in [2.45, 2.75) is 13.5 Å². The van der Waals surface area contributed by atoms with Crippen molar-refractivity contribution in [2.75, 3.05) is 13.1 Å². The van der Waals surface area contributed by atoms with Crippen LogP contribution >= 0.6 is 15.9 Å². The third-order valence-corrected chi connectivity index (χ3v) is 2.76. The van der Waals surface area contributed by atoms with Crippen molar-refractivity contribution in [3.63, 3.8) is 0 Å². The summed E-state index contributed by atoms with van der Waals surface area (Å²) in [4.78, 5) is 12.7. The summed E-state index contributed by atoms with van der Waals surface area (Å²) in [5, 5.41) is 9.65. The number of carbonyl (C=O) groups is 1. The van der Waals surface area contributed by atoms with E-state index < -0.39 is 0 Å². The van der Waals surface area contributed by atoms with Gasteiger partial charge < -0.3 is 10.8 Å². The van der Waals surface area contributed by atoms with Gasteiger partial charge >= 0.3 is 0 Å². The topological polar surface area (TPSA) is 66.6 Å². The van der Waals surface area contributed by atoms with E-state index in [0.29, 0.717) is 13.1 Å². The SMILES string of the molecule is CCN(CC(N)=O)Cc1cc(Br)ccc1O. The molecular formula is C11H15BrN2O2. The Labute approximate surface area is 103 Å². The number of carbonyl (C=O) groups excluding carboxylic acids is 1. The Morgan fingerprint density at radius 3 is 2.81 bits per heavy atom. The van der Waals surface area contributed by atoms with Crippen LogP contribution in [0.15, 0.2) is 22.7 Å². The minimum absolute atomic E-state index is 0.197. The van der Waals surface area contributed by atoms with Crippen LogP contribution in [0.1, 0.15) is 12.5 Å². The van der Waals surface area contributed by atoms with Gasteiger partial charge in [-0.05, 0) is 24.7 Å². The number of benzene rings is 1. The predicted molar refractivity (Wildman–Crippen MR) is 66.0 cm³/mol.